The Morgan fingerprint density at radius 3 is 2.30 bits per heavy atom. The van der Waals surface area contributed by atoms with Gasteiger partial charge in [0.1, 0.15) is 11.4 Å². The van der Waals surface area contributed by atoms with Gasteiger partial charge in [-0.05, 0) is 43.3 Å². The molecule has 0 saturated heterocycles. The Balaban J connectivity index is 1.73. The van der Waals surface area contributed by atoms with Crippen molar-refractivity contribution < 1.29 is 14.3 Å². The van der Waals surface area contributed by atoms with Gasteiger partial charge in [0, 0.05) is 24.8 Å². The molecule has 0 spiro atoms. The van der Waals surface area contributed by atoms with Gasteiger partial charge >= 0.3 is 0 Å². The zero-order valence-corrected chi connectivity index (χ0v) is 12.9. The maximum atomic E-state index is 12.0. The van der Waals surface area contributed by atoms with E-state index in [1.807, 2.05) is 6.92 Å². The van der Waals surface area contributed by atoms with Gasteiger partial charge in [-0.15, -0.1) is 0 Å². The number of rotatable bonds is 7. The highest BCUT2D eigenvalue weighted by Crippen LogP contribution is 2.11. The molecule has 0 saturated carbocycles. The van der Waals surface area contributed by atoms with E-state index in [0.717, 1.165) is 5.75 Å². The molecule has 0 radical (unpaired) electrons. The molecular formula is C17H19N3O3. The third-order valence-electron chi connectivity index (χ3n) is 3.02. The molecule has 6 heteroatoms. The lowest BCUT2D eigenvalue weighted by Gasteiger charge is -2.08. The molecule has 0 aliphatic heterocycles. The molecule has 0 fully saturated rings. The monoisotopic (exact) mass is 313 g/mol. The number of carbonyl (C=O) groups excluding carboxylic acids is 2. The minimum atomic E-state index is -0.263. The first-order chi connectivity index (χ1) is 11.2. The summed E-state index contributed by atoms with van der Waals surface area (Å²) in [5.41, 5.74) is 0.898. The lowest BCUT2D eigenvalue weighted by atomic mass is 10.2. The van der Waals surface area contributed by atoms with Gasteiger partial charge in [0.15, 0.2) is 0 Å². The minimum Gasteiger partial charge on any atom is -0.494 e. The number of hydrogen-bond donors (Lipinski definition) is 2. The second-order valence-electron chi connectivity index (χ2n) is 4.68. The molecule has 6 nitrogen and oxygen atoms in total. The van der Waals surface area contributed by atoms with Crippen molar-refractivity contribution in [1.82, 2.24) is 15.6 Å². The summed E-state index contributed by atoms with van der Waals surface area (Å²) in [5.74, 6) is 0.271. The van der Waals surface area contributed by atoms with Gasteiger partial charge in [-0.25, -0.2) is 0 Å². The SMILES string of the molecule is CCOc1ccc(C(=O)NCCNC(=O)c2ccccn2)cc1. The van der Waals surface area contributed by atoms with Crippen LogP contribution < -0.4 is 15.4 Å². The van der Waals surface area contributed by atoms with Crippen LogP contribution in [-0.4, -0.2) is 36.5 Å². The van der Waals surface area contributed by atoms with Gasteiger partial charge in [0.2, 0.25) is 0 Å². The quantitative estimate of drug-likeness (QED) is 0.762. The van der Waals surface area contributed by atoms with Crippen molar-refractivity contribution in [2.24, 2.45) is 0 Å². The Hall–Kier alpha value is -2.89. The summed E-state index contributed by atoms with van der Waals surface area (Å²) in [4.78, 5) is 27.7. The topological polar surface area (TPSA) is 80.3 Å². The van der Waals surface area contributed by atoms with Crippen molar-refractivity contribution in [3.8, 4) is 5.75 Å². The molecule has 1 aromatic heterocycles. The van der Waals surface area contributed by atoms with Crippen LogP contribution >= 0.6 is 0 Å². The molecule has 23 heavy (non-hydrogen) atoms. The van der Waals surface area contributed by atoms with Crippen LogP contribution in [0.15, 0.2) is 48.7 Å². The van der Waals surface area contributed by atoms with Crippen LogP contribution in [0.3, 0.4) is 0 Å². The van der Waals surface area contributed by atoms with Crippen LogP contribution in [0.4, 0.5) is 0 Å². The van der Waals surface area contributed by atoms with E-state index in [0.29, 0.717) is 31.0 Å². The van der Waals surface area contributed by atoms with E-state index >= 15 is 0 Å². The summed E-state index contributed by atoms with van der Waals surface area (Å²) in [5, 5.41) is 5.44. The molecule has 2 rings (SSSR count). The molecule has 2 N–H and O–H groups in total. The first-order valence-electron chi connectivity index (χ1n) is 7.41. The molecule has 0 aliphatic carbocycles. The van der Waals surface area contributed by atoms with E-state index in [1.54, 1.807) is 48.7 Å². The summed E-state index contributed by atoms with van der Waals surface area (Å²) < 4.78 is 5.32. The smallest absolute Gasteiger partial charge is 0.269 e. The van der Waals surface area contributed by atoms with E-state index in [4.69, 9.17) is 4.74 Å². The largest absolute Gasteiger partial charge is 0.494 e. The van der Waals surface area contributed by atoms with Crippen molar-refractivity contribution in [3.63, 3.8) is 0 Å². The number of nitrogens with one attached hydrogen (secondary N) is 2. The zero-order chi connectivity index (χ0) is 16.5. The summed E-state index contributed by atoms with van der Waals surface area (Å²) in [6, 6.07) is 12.0. The van der Waals surface area contributed by atoms with Gasteiger partial charge in [0.25, 0.3) is 11.8 Å². The second kappa shape index (κ2) is 8.53. The molecule has 1 heterocycles. The van der Waals surface area contributed by atoms with Crippen LogP contribution in [0.1, 0.15) is 27.8 Å². The number of carbonyl (C=O) groups is 2. The van der Waals surface area contributed by atoms with E-state index < -0.39 is 0 Å². The van der Waals surface area contributed by atoms with Crippen LogP contribution in [0.25, 0.3) is 0 Å². The predicted molar refractivity (Wildman–Crippen MR) is 86.5 cm³/mol. The van der Waals surface area contributed by atoms with Gasteiger partial charge in [-0.2, -0.15) is 0 Å². The molecule has 120 valence electrons. The van der Waals surface area contributed by atoms with Crippen molar-refractivity contribution >= 4 is 11.8 Å². The molecule has 0 unspecified atom stereocenters. The minimum absolute atomic E-state index is 0.194. The summed E-state index contributed by atoms with van der Waals surface area (Å²) >= 11 is 0. The molecule has 0 bridgehead atoms. The number of aromatic nitrogens is 1. The van der Waals surface area contributed by atoms with Crippen LogP contribution in [-0.2, 0) is 0 Å². The molecule has 0 atom stereocenters. The number of pyridine rings is 1. The number of nitrogens with zero attached hydrogens (tertiary/aromatic N) is 1. The molecule has 1 aromatic carbocycles. The Labute approximate surface area is 134 Å². The van der Waals surface area contributed by atoms with E-state index in [2.05, 4.69) is 15.6 Å². The highest BCUT2D eigenvalue weighted by molar-refractivity contribution is 5.94. The van der Waals surface area contributed by atoms with Gasteiger partial charge in [-0.3, -0.25) is 14.6 Å². The van der Waals surface area contributed by atoms with E-state index in [9.17, 15) is 9.59 Å². The fourth-order valence-corrected chi connectivity index (χ4v) is 1.91. The molecular weight excluding hydrogens is 294 g/mol. The van der Waals surface area contributed by atoms with Crippen molar-refractivity contribution in [1.29, 1.82) is 0 Å². The van der Waals surface area contributed by atoms with E-state index in [1.165, 1.54) is 0 Å². The average molecular weight is 313 g/mol. The van der Waals surface area contributed by atoms with Crippen LogP contribution in [0.2, 0.25) is 0 Å². The summed E-state index contributed by atoms with van der Waals surface area (Å²) in [6.45, 7) is 3.16. The number of benzene rings is 1. The highest BCUT2D eigenvalue weighted by atomic mass is 16.5. The first kappa shape index (κ1) is 16.5. The predicted octanol–water partition coefficient (Wildman–Crippen LogP) is 1.64. The number of amides is 2. The third kappa shape index (κ3) is 5.10. The normalized spacial score (nSPS) is 9.96. The Kier molecular flexibility index (Phi) is 6.11. The molecule has 2 aromatic rings. The zero-order valence-electron chi connectivity index (χ0n) is 12.9. The average Bonchev–Trinajstić information content (AvgIpc) is 2.60. The Bertz CT molecular complexity index is 642. The number of hydrogen-bond acceptors (Lipinski definition) is 4. The van der Waals surface area contributed by atoms with Gasteiger partial charge in [-0.1, -0.05) is 6.07 Å². The summed E-state index contributed by atoms with van der Waals surface area (Å²) in [7, 11) is 0. The van der Waals surface area contributed by atoms with Crippen LogP contribution in [0.5, 0.6) is 5.75 Å². The van der Waals surface area contributed by atoms with Gasteiger partial charge < -0.3 is 15.4 Å². The number of ether oxygens (including phenoxy) is 1. The fraction of sp³-hybridized carbons (Fsp3) is 0.235. The van der Waals surface area contributed by atoms with E-state index in [-0.39, 0.29) is 11.8 Å². The lowest BCUT2D eigenvalue weighted by Crippen LogP contribution is -2.34. The molecule has 2 amide bonds. The van der Waals surface area contributed by atoms with Crippen molar-refractivity contribution in [2.45, 2.75) is 6.92 Å². The molecule has 0 aliphatic rings. The Morgan fingerprint density at radius 1 is 1.00 bits per heavy atom. The maximum absolute atomic E-state index is 12.0. The highest BCUT2D eigenvalue weighted by Gasteiger charge is 2.07. The summed E-state index contributed by atoms with van der Waals surface area (Å²) in [6.07, 6.45) is 1.56. The van der Waals surface area contributed by atoms with Crippen LogP contribution in [0, 0.1) is 0 Å². The fourth-order valence-electron chi connectivity index (χ4n) is 1.91. The maximum Gasteiger partial charge on any atom is 0.269 e. The second-order valence-corrected chi connectivity index (χ2v) is 4.68. The lowest BCUT2D eigenvalue weighted by molar-refractivity contribution is 0.0925. The first-order valence-corrected chi connectivity index (χ1v) is 7.41. The van der Waals surface area contributed by atoms with Crippen molar-refractivity contribution in [2.75, 3.05) is 19.7 Å². The standard InChI is InChI=1S/C17H19N3O3/c1-2-23-14-8-6-13(7-9-14)16(21)19-11-12-20-17(22)15-5-3-4-10-18-15/h3-10H,2,11-12H2,1H3,(H,19,21)(H,20,22). The Morgan fingerprint density at radius 2 is 1.70 bits per heavy atom. The van der Waals surface area contributed by atoms with Crippen molar-refractivity contribution in [3.05, 3.63) is 59.9 Å². The van der Waals surface area contributed by atoms with Gasteiger partial charge in [0.05, 0.1) is 6.61 Å². The third-order valence-corrected chi connectivity index (χ3v) is 3.02.